The average Bonchev–Trinajstić information content (AvgIpc) is 2.54. The third kappa shape index (κ3) is 2.61. The molecule has 2 heterocycles. The van der Waals surface area contributed by atoms with E-state index in [0.29, 0.717) is 11.8 Å². The zero-order valence-electron chi connectivity index (χ0n) is 6.96. The van der Waals surface area contributed by atoms with Crippen molar-refractivity contribution in [2.75, 3.05) is 19.8 Å². The van der Waals surface area contributed by atoms with Crippen molar-refractivity contribution in [3.63, 3.8) is 0 Å². The summed E-state index contributed by atoms with van der Waals surface area (Å²) in [4.78, 5) is 0. The second-order valence-electron chi connectivity index (χ2n) is 2.72. The van der Waals surface area contributed by atoms with Gasteiger partial charge in [0.2, 0.25) is 0 Å². The number of hydrogen-bond acceptors (Lipinski definition) is 3. The summed E-state index contributed by atoms with van der Waals surface area (Å²) in [7, 11) is 0. The third-order valence-corrected chi connectivity index (χ3v) is 2.06. The fourth-order valence-corrected chi connectivity index (χ4v) is 1.42. The lowest BCUT2D eigenvalue weighted by atomic mass is 10.2. The molecule has 1 saturated heterocycles. The minimum absolute atomic E-state index is 0. The maximum absolute atomic E-state index is 5.64. The smallest absolute Gasteiger partial charge is 0.193 e. The molecule has 1 aliphatic heterocycles. The average molecular weight is 224 g/mol. The lowest BCUT2D eigenvalue weighted by Crippen LogP contribution is -2.34. The third-order valence-electron chi connectivity index (χ3n) is 1.86. The van der Waals surface area contributed by atoms with Gasteiger partial charge in [0.15, 0.2) is 5.22 Å². The molecule has 2 rings (SSSR count). The molecule has 3 nitrogen and oxygen atoms in total. The molecular formula is C8H11Cl2NO2. The normalized spacial score (nSPS) is 22.4. The first-order chi connectivity index (χ1) is 5.86. The van der Waals surface area contributed by atoms with E-state index >= 15 is 0 Å². The van der Waals surface area contributed by atoms with Crippen LogP contribution in [0.25, 0.3) is 0 Å². The predicted molar refractivity (Wildman–Crippen MR) is 52.5 cm³/mol. The zero-order valence-corrected chi connectivity index (χ0v) is 8.53. The maximum Gasteiger partial charge on any atom is 0.193 e. The van der Waals surface area contributed by atoms with Crippen LogP contribution >= 0.6 is 24.0 Å². The molecule has 1 aromatic rings. The molecule has 0 spiro atoms. The van der Waals surface area contributed by atoms with E-state index in [1.165, 1.54) is 0 Å². The van der Waals surface area contributed by atoms with E-state index in [1.54, 1.807) is 6.07 Å². The number of ether oxygens (including phenoxy) is 1. The summed E-state index contributed by atoms with van der Waals surface area (Å²) in [6.07, 6.45) is 0. The van der Waals surface area contributed by atoms with E-state index in [0.717, 1.165) is 18.9 Å². The highest BCUT2D eigenvalue weighted by atomic mass is 35.5. The van der Waals surface area contributed by atoms with Crippen molar-refractivity contribution in [3.8, 4) is 0 Å². The summed E-state index contributed by atoms with van der Waals surface area (Å²) in [5.74, 6) is 0.847. The van der Waals surface area contributed by atoms with Crippen LogP contribution in [0.2, 0.25) is 5.22 Å². The second-order valence-corrected chi connectivity index (χ2v) is 3.10. The summed E-state index contributed by atoms with van der Waals surface area (Å²) in [5.41, 5.74) is 0. The lowest BCUT2D eigenvalue weighted by molar-refractivity contribution is 0.0700. The molecule has 1 fully saturated rings. The Morgan fingerprint density at radius 1 is 1.46 bits per heavy atom. The summed E-state index contributed by atoms with van der Waals surface area (Å²) in [6.45, 7) is 2.29. The van der Waals surface area contributed by atoms with Crippen molar-refractivity contribution < 1.29 is 9.15 Å². The van der Waals surface area contributed by atoms with Gasteiger partial charge < -0.3 is 14.5 Å². The van der Waals surface area contributed by atoms with Gasteiger partial charge in [-0.1, -0.05) is 0 Å². The molecule has 0 aliphatic carbocycles. The highest BCUT2D eigenvalue weighted by Crippen LogP contribution is 2.21. The van der Waals surface area contributed by atoms with Gasteiger partial charge in [-0.25, -0.2) is 0 Å². The van der Waals surface area contributed by atoms with E-state index in [1.807, 2.05) is 6.07 Å². The topological polar surface area (TPSA) is 34.4 Å². The lowest BCUT2D eigenvalue weighted by Gasteiger charge is -2.21. The summed E-state index contributed by atoms with van der Waals surface area (Å²) in [6, 6.07) is 3.77. The molecule has 0 amide bonds. The number of halogens is 2. The van der Waals surface area contributed by atoms with Crippen LogP contribution in [0, 0.1) is 0 Å². The van der Waals surface area contributed by atoms with E-state index in [2.05, 4.69) is 5.32 Å². The van der Waals surface area contributed by atoms with Crippen molar-refractivity contribution in [3.05, 3.63) is 23.1 Å². The highest BCUT2D eigenvalue weighted by molar-refractivity contribution is 6.28. The molecule has 1 N–H and O–H groups in total. The van der Waals surface area contributed by atoms with Crippen LogP contribution in [0.1, 0.15) is 11.8 Å². The van der Waals surface area contributed by atoms with Crippen LogP contribution in [0.3, 0.4) is 0 Å². The fraction of sp³-hybridized carbons (Fsp3) is 0.500. The summed E-state index contributed by atoms with van der Waals surface area (Å²) < 4.78 is 10.5. The van der Waals surface area contributed by atoms with E-state index in [4.69, 9.17) is 20.8 Å². The number of nitrogens with one attached hydrogen (secondary N) is 1. The van der Waals surface area contributed by atoms with Crippen molar-refractivity contribution in [1.82, 2.24) is 5.32 Å². The Morgan fingerprint density at radius 2 is 2.31 bits per heavy atom. The summed E-state index contributed by atoms with van der Waals surface area (Å²) in [5, 5.41) is 3.70. The number of rotatable bonds is 1. The first-order valence-corrected chi connectivity index (χ1v) is 4.30. The van der Waals surface area contributed by atoms with Crippen molar-refractivity contribution >= 4 is 24.0 Å². The Labute approximate surface area is 87.8 Å². The Kier molecular flexibility index (Phi) is 4.06. The Morgan fingerprint density at radius 3 is 2.85 bits per heavy atom. The van der Waals surface area contributed by atoms with Gasteiger partial charge >= 0.3 is 0 Å². The number of furan rings is 1. The maximum atomic E-state index is 5.64. The molecule has 0 bridgehead atoms. The van der Waals surface area contributed by atoms with Crippen LogP contribution in [-0.2, 0) is 4.74 Å². The zero-order chi connectivity index (χ0) is 8.39. The first-order valence-electron chi connectivity index (χ1n) is 3.92. The molecule has 74 valence electrons. The van der Waals surface area contributed by atoms with Crippen LogP contribution in [0.4, 0.5) is 0 Å². The van der Waals surface area contributed by atoms with Gasteiger partial charge in [0.05, 0.1) is 19.3 Å². The van der Waals surface area contributed by atoms with Crippen molar-refractivity contribution in [2.24, 2.45) is 0 Å². The minimum Gasteiger partial charge on any atom is -0.448 e. The Hall–Kier alpha value is -0.220. The molecule has 0 radical (unpaired) electrons. The fourth-order valence-electron chi connectivity index (χ4n) is 1.26. The Bertz CT molecular complexity index is 258. The molecule has 5 heteroatoms. The standard InChI is InChI=1S/C8H10ClNO2.ClH/c9-8-2-1-7(12-8)6-5-11-4-3-10-6;/h1-2,6,10H,3-5H2;1H/t6-;/m1./s1. The van der Waals surface area contributed by atoms with Crippen LogP contribution in [0.5, 0.6) is 0 Å². The molecule has 13 heavy (non-hydrogen) atoms. The quantitative estimate of drug-likeness (QED) is 0.792. The molecule has 0 saturated carbocycles. The van der Waals surface area contributed by atoms with Gasteiger partial charge in [-0.15, -0.1) is 12.4 Å². The van der Waals surface area contributed by atoms with Crippen molar-refractivity contribution in [1.29, 1.82) is 0 Å². The van der Waals surface area contributed by atoms with Crippen LogP contribution in [0.15, 0.2) is 16.5 Å². The van der Waals surface area contributed by atoms with Gasteiger partial charge in [0.25, 0.3) is 0 Å². The van der Waals surface area contributed by atoms with E-state index in [9.17, 15) is 0 Å². The van der Waals surface area contributed by atoms with Crippen molar-refractivity contribution in [2.45, 2.75) is 6.04 Å². The van der Waals surface area contributed by atoms with Gasteiger partial charge in [-0.3, -0.25) is 0 Å². The predicted octanol–water partition coefficient (Wildman–Crippen LogP) is 2.02. The summed E-state index contributed by atoms with van der Waals surface area (Å²) >= 11 is 5.64. The molecule has 1 aliphatic rings. The largest absolute Gasteiger partial charge is 0.448 e. The molecule has 0 aromatic carbocycles. The van der Waals surface area contributed by atoms with Gasteiger partial charge in [0.1, 0.15) is 5.76 Å². The SMILES string of the molecule is Cl.Clc1ccc([C@H]2COCCN2)o1. The number of morpholine rings is 1. The highest BCUT2D eigenvalue weighted by Gasteiger charge is 2.17. The van der Waals surface area contributed by atoms with Gasteiger partial charge in [-0.2, -0.15) is 0 Å². The van der Waals surface area contributed by atoms with Crippen LogP contribution < -0.4 is 5.32 Å². The Balaban J connectivity index is 0.000000845. The van der Waals surface area contributed by atoms with Gasteiger partial charge in [0, 0.05) is 6.54 Å². The monoisotopic (exact) mass is 223 g/mol. The number of hydrogen-bond donors (Lipinski definition) is 1. The molecule has 0 unspecified atom stereocenters. The van der Waals surface area contributed by atoms with E-state index < -0.39 is 0 Å². The van der Waals surface area contributed by atoms with E-state index in [-0.39, 0.29) is 18.4 Å². The van der Waals surface area contributed by atoms with Crippen LogP contribution in [-0.4, -0.2) is 19.8 Å². The molecular weight excluding hydrogens is 213 g/mol. The first kappa shape index (κ1) is 10.9. The molecule has 1 atom stereocenters. The second kappa shape index (κ2) is 4.86. The van der Waals surface area contributed by atoms with Gasteiger partial charge in [-0.05, 0) is 23.7 Å². The minimum atomic E-state index is 0. The molecule has 1 aromatic heterocycles.